The van der Waals surface area contributed by atoms with Crippen molar-refractivity contribution in [3.8, 4) is 16.9 Å². The van der Waals surface area contributed by atoms with Gasteiger partial charge in [0.05, 0.1) is 17.4 Å². The minimum Gasteiger partial charge on any atom is -0.344 e. The number of aromatic nitrogens is 3. The number of hydrogen-bond donors (Lipinski definition) is 1. The molecule has 0 radical (unpaired) electrons. The summed E-state index contributed by atoms with van der Waals surface area (Å²) in [6.07, 6.45) is 3.44. The molecule has 4 aromatic rings. The van der Waals surface area contributed by atoms with Crippen LogP contribution in [0.3, 0.4) is 0 Å². The highest BCUT2D eigenvalue weighted by atomic mass is 16.2. The molecule has 0 aliphatic carbocycles. The fourth-order valence-electron chi connectivity index (χ4n) is 3.06. The molecule has 0 bridgehead atoms. The SMILES string of the molecule is CC(NC(=O)c1cc(-c2ccccc2)nn1-c1ccccc1)c1ccncc1. The predicted octanol–water partition coefficient (Wildman–Crippen LogP) is 4.43. The van der Waals surface area contributed by atoms with Crippen LogP contribution in [0, 0.1) is 0 Å². The van der Waals surface area contributed by atoms with E-state index in [4.69, 9.17) is 5.10 Å². The van der Waals surface area contributed by atoms with Crippen LogP contribution in [0.25, 0.3) is 16.9 Å². The molecule has 0 spiro atoms. The number of carbonyl (C=O) groups is 1. The Morgan fingerprint density at radius 1 is 0.929 bits per heavy atom. The van der Waals surface area contributed by atoms with Gasteiger partial charge < -0.3 is 5.32 Å². The zero-order valence-electron chi connectivity index (χ0n) is 15.5. The lowest BCUT2D eigenvalue weighted by atomic mass is 10.1. The Bertz CT molecular complexity index is 1060. The molecule has 1 unspecified atom stereocenters. The summed E-state index contributed by atoms with van der Waals surface area (Å²) in [5.41, 5.74) is 4.05. The first-order valence-electron chi connectivity index (χ1n) is 9.14. The van der Waals surface area contributed by atoms with E-state index in [1.165, 1.54) is 0 Å². The van der Waals surface area contributed by atoms with Gasteiger partial charge in [-0.1, -0.05) is 48.5 Å². The standard InChI is InChI=1S/C23H20N4O/c1-17(18-12-14-24-15-13-18)25-23(28)22-16-21(19-8-4-2-5-9-19)26-27(22)20-10-6-3-7-11-20/h2-17H,1H3,(H,25,28). The first-order chi connectivity index (χ1) is 13.7. The molecule has 0 aliphatic rings. The maximum atomic E-state index is 13.1. The van der Waals surface area contributed by atoms with Crippen molar-refractivity contribution < 1.29 is 4.79 Å². The van der Waals surface area contributed by atoms with Crippen molar-refractivity contribution in [2.45, 2.75) is 13.0 Å². The van der Waals surface area contributed by atoms with Crippen LogP contribution in [-0.4, -0.2) is 20.7 Å². The number of hydrogen-bond acceptors (Lipinski definition) is 3. The van der Waals surface area contributed by atoms with Crippen molar-refractivity contribution in [3.63, 3.8) is 0 Å². The normalized spacial score (nSPS) is 11.8. The second-order valence-electron chi connectivity index (χ2n) is 6.50. The maximum Gasteiger partial charge on any atom is 0.270 e. The summed E-state index contributed by atoms with van der Waals surface area (Å²) in [5, 5.41) is 7.76. The van der Waals surface area contributed by atoms with Gasteiger partial charge in [0.15, 0.2) is 0 Å². The molecule has 1 N–H and O–H groups in total. The van der Waals surface area contributed by atoms with E-state index in [9.17, 15) is 4.79 Å². The molecule has 2 aromatic carbocycles. The van der Waals surface area contributed by atoms with Gasteiger partial charge >= 0.3 is 0 Å². The van der Waals surface area contributed by atoms with Crippen LogP contribution < -0.4 is 5.32 Å². The van der Waals surface area contributed by atoms with Gasteiger partial charge in [-0.3, -0.25) is 9.78 Å². The van der Waals surface area contributed by atoms with Crippen LogP contribution in [0.1, 0.15) is 29.0 Å². The Labute approximate surface area is 163 Å². The highest BCUT2D eigenvalue weighted by Gasteiger charge is 2.19. The van der Waals surface area contributed by atoms with Crippen molar-refractivity contribution in [1.29, 1.82) is 0 Å². The number of carbonyl (C=O) groups excluding carboxylic acids is 1. The van der Waals surface area contributed by atoms with E-state index in [-0.39, 0.29) is 11.9 Å². The molecule has 5 nitrogen and oxygen atoms in total. The molecule has 28 heavy (non-hydrogen) atoms. The van der Waals surface area contributed by atoms with Crippen LogP contribution in [0.15, 0.2) is 91.3 Å². The summed E-state index contributed by atoms with van der Waals surface area (Å²) in [4.78, 5) is 17.1. The molecular formula is C23H20N4O. The molecule has 0 fully saturated rings. The zero-order valence-corrected chi connectivity index (χ0v) is 15.5. The highest BCUT2D eigenvalue weighted by molar-refractivity contribution is 5.94. The molecule has 0 saturated heterocycles. The van der Waals surface area contributed by atoms with Crippen molar-refractivity contribution >= 4 is 5.91 Å². The quantitative estimate of drug-likeness (QED) is 0.567. The van der Waals surface area contributed by atoms with Gasteiger partial charge in [0.1, 0.15) is 5.69 Å². The fourth-order valence-corrected chi connectivity index (χ4v) is 3.06. The Morgan fingerprint density at radius 2 is 1.57 bits per heavy atom. The molecule has 2 heterocycles. The smallest absolute Gasteiger partial charge is 0.270 e. The topological polar surface area (TPSA) is 59.8 Å². The first-order valence-corrected chi connectivity index (χ1v) is 9.14. The average molecular weight is 368 g/mol. The third kappa shape index (κ3) is 3.69. The third-order valence-corrected chi connectivity index (χ3v) is 4.57. The molecule has 2 aromatic heterocycles. The maximum absolute atomic E-state index is 13.1. The lowest BCUT2D eigenvalue weighted by molar-refractivity contribution is 0.0932. The van der Waals surface area contributed by atoms with Crippen LogP contribution >= 0.6 is 0 Å². The van der Waals surface area contributed by atoms with Crippen molar-refractivity contribution in [2.75, 3.05) is 0 Å². The molecular weight excluding hydrogens is 348 g/mol. The summed E-state index contributed by atoms with van der Waals surface area (Å²) in [7, 11) is 0. The molecule has 1 amide bonds. The highest BCUT2D eigenvalue weighted by Crippen LogP contribution is 2.22. The van der Waals surface area contributed by atoms with Crippen molar-refractivity contribution in [1.82, 2.24) is 20.1 Å². The van der Waals surface area contributed by atoms with Crippen molar-refractivity contribution in [2.24, 2.45) is 0 Å². The number of rotatable bonds is 5. The number of pyridine rings is 1. The number of nitrogens with one attached hydrogen (secondary N) is 1. The summed E-state index contributed by atoms with van der Waals surface area (Å²) >= 11 is 0. The summed E-state index contributed by atoms with van der Waals surface area (Å²) in [6.45, 7) is 1.95. The minimum absolute atomic E-state index is 0.144. The lowest BCUT2D eigenvalue weighted by Crippen LogP contribution is -2.28. The van der Waals surface area contributed by atoms with Crippen LogP contribution in [-0.2, 0) is 0 Å². The minimum atomic E-state index is -0.178. The van der Waals surface area contributed by atoms with E-state index in [1.54, 1.807) is 17.1 Å². The second kappa shape index (κ2) is 7.88. The molecule has 5 heteroatoms. The van der Waals surface area contributed by atoms with Gasteiger partial charge in [0.25, 0.3) is 5.91 Å². The summed E-state index contributed by atoms with van der Waals surface area (Å²) in [5.74, 6) is -0.178. The zero-order chi connectivity index (χ0) is 19.3. The molecule has 0 saturated carbocycles. The molecule has 0 aliphatic heterocycles. The predicted molar refractivity (Wildman–Crippen MR) is 109 cm³/mol. The van der Waals surface area contributed by atoms with Crippen molar-refractivity contribution in [3.05, 3.63) is 103 Å². The second-order valence-corrected chi connectivity index (χ2v) is 6.50. The molecule has 1 atom stereocenters. The monoisotopic (exact) mass is 368 g/mol. The van der Waals surface area contributed by atoms with Gasteiger partial charge in [-0.05, 0) is 42.8 Å². The van der Waals surface area contributed by atoms with Gasteiger partial charge in [0, 0.05) is 18.0 Å². The third-order valence-electron chi connectivity index (χ3n) is 4.57. The van der Waals surface area contributed by atoms with Crippen LogP contribution in [0.5, 0.6) is 0 Å². The van der Waals surface area contributed by atoms with Crippen LogP contribution in [0.4, 0.5) is 0 Å². The van der Waals surface area contributed by atoms with E-state index in [0.29, 0.717) is 5.69 Å². The van der Waals surface area contributed by atoms with Gasteiger partial charge in [-0.15, -0.1) is 0 Å². The van der Waals surface area contributed by atoms with Gasteiger partial charge in [-0.2, -0.15) is 5.10 Å². The Kier molecular flexibility index (Phi) is 4.97. The van der Waals surface area contributed by atoms with Gasteiger partial charge in [-0.25, -0.2) is 4.68 Å². The largest absolute Gasteiger partial charge is 0.344 e. The Balaban J connectivity index is 1.70. The van der Waals surface area contributed by atoms with E-state index < -0.39 is 0 Å². The number of amides is 1. The Hall–Kier alpha value is -3.73. The van der Waals surface area contributed by atoms with E-state index in [0.717, 1.165) is 22.5 Å². The van der Waals surface area contributed by atoms with Crippen LogP contribution in [0.2, 0.25) is 0 Å². The fraction of sp³-hybridized carbons (Fsp3) is 0.0870. The average Bonchev–Trinajstić information content (AvgIpc) is 3.21. The first kappa shape index (κ1) is 17.7. The molecule has 4 rings (SSSR count). The van der Waals surface area contributed by atoms with E-state index in [1.807, 2.05) is 85.8 Å². The summed E-state index contributed by atoms with van der Waals surface area (Å²) in [6, 6.07) is 25.0. The number of nitrogens with zero attached hydrogens (tertiary/aromatic N) is 3. The number of para-hydroxylation sites is 1. The van der Waals surface area contributed by atoms with E-state index in [2.05, 4.69) is 10.3 Å². The van der Waals surface area contributed by atoms with E-state index >= 15 is 0 Å². The lowest BCUT2D eigenvalue weighted by Gasteiger charge is -2.14. The number of benzene rings is 2. The molecule has 138 valence electrons. The van der Waals surface area contributed by atoms with Gasteiger partial charge in [0.2, 0.25) is 0 Å². The summed E-state index contributed by atoms with van der Waals surface area (Å²) < 4.78 is 1.69. The Morgan fingerprint density at radius 3 is 2.25 bits per heavy atom.